The molecule has 0 aliphatic rings. The van der Waals surface area contributed by atoms with Crippen LogP contribution < -0.4 is 5.32 Å². The summed E-state index contributed by atoms with van der Waals surface area (Å²) in [5.74, 6) is -1.52. The smallest absolute Gasteiger partial charge is 0.335 e. The number of benzene rings is 1. The summed E-state index contributed by atoms with van der Waals surface area (Å²) in [7, 11) is 0. The van der Waals surface area contributed by atoms with E-state index in [0.29, 0.717) is 5.56 Å². The van der Waals surface area contributed by atoms with Crippen molar-refractivity contribution in [3.8, 4) is 6.07 Å². The van der Waals surface area contributed by atoms with Gasteiger partial charge in [0.05, 0.1) is 5.56 Å². The fourth-order valence-corrected chi connectivity index (χ4v) is 1.30. The summed E-state index contributed by atoms with van der Waals surface area (Å²) in [6.45, 7) is 3.73. The second-order valence-electron chi connectivity index (χ2n) is 3.60. The molecular weight excluding hydrogens is 244 g/mol. The van der Waals surface area contributed by atoms with Gasteiger partial charge in [-0.3, -0.25) is 4.79 Å². The van der Waals surface area contributed by atoms with Gasteiger partial charge in [0.2, 0.25) is 0 Å². The number of amides is 1. The predicted molar refractivity (Wildman–Crippen MR) is 70.2 cm³/mol. The number of carbonyl (C=O) groups excluding carboxylic acids is 1. The van der Waals surface area contributed by atoms with Gasteiger partial charge in [-0.15, -0.1) is 6.58 Å². The molecule has 0 atom stereocenters. The monoisotopic (exact) mass is 256 g/mol. The van der Waals surface area contributed by atoms with E-state index in [1.165, 1.54) is 36.4 Å². The van der Waals surface area contributed by atoms with Crippen molar-refractivity contribution < 1.29 is 14.7 Å². The van der Waals surface area contributed by atoms with Crippen molar-refractivity contribution in [1.29, 1.82) is 5.26 Å². The number of hydrogen-bond donors (Lipinski definition) is 2. The predicted octanol–water partition coefficient (Wildman–Crippen LogP) is 1.59. The molecule has 19 heavy (non-hydrogen) atoms. The lowest BCUT2D eigenvalue weighted by molar-refractivity contribution is -0.116. The van der Waals surface area contributed by atoms with Crippen LogP contribution in [0.4, 0.5) is 0 Å². The Bertz CT molecular complexity index is 565. The van der Waals surface area contributed by atoms with E-state index < -0.39 is 11.9 Å². The van der Waals surface area contributed by atoms with Crippen molar-refractivity contribution in [1.82, 2.24) is 5.32 Å². The molecule has 5 heteroatoms. The number of nitrogens with one attached hydrogen (secondary N) is 1. The Labute approximate surface area is 110 Å². The average molecular weight is 256 g/mol. The summed E-state index contributed by atoms with van der Waals surface area (Å²) in [6, 6.07) is 7.67. The molecule has 0 aliphatic carbocycles. The van der Waals surface area contributed by atoms with Crippen molar-refractivity contribution in [2.45, 2.75) is 0 Å². The maximum Gasteiger partial charge on any atom is 0.335 e. The second kappa shape index (κ2) is 6.77. The first-order chi connectivity index (χ1) is 9.08. The van der Waals surface area contributed by atoms with Crippen LogP contribution in [0, 0.1) is 11.3 Å². The molecule has 0 bridgehead atoms. The summed E-state index contributed by atoms with van der Waals surface area (Å²) in [6.07, 6.45) is 2.90. The molecule has 0 radical (unpaired) electrons. The fraction of sp³-hybridized carbons (Fsp3) is 0.0714. The zero-order valence-corrected chi connectivity index (χ0v) is 10.1. The minimum atomic E-state index is -1.03. The molecule has 0 fully saturated rings. The van der Waals surface area contributed by atoms with Gasteiger partial charge in [0, 0.05) is 6.54 Å². The van der Waals surface area contributed by atoms with Gasteiger partial charge in [0.1, 0.15) is 11.6 Å². The molecule has 5 nitrogen and oxygen atoms in total. The largest absolute Gasteiger partial charge is 0.478 e. The van der Waals surface area contributed by atoms with E-state index >= 15 is 0 Å². The van der Waals surface area contributed by atoms with Crippen molar-refractivity contribution in [2.75, 3.05) is 6.54 Å². The molecule has 0 saturated carbocycles. The normalized spacial score (nSPS) is 10.4. The lowest BCUT2D eigenvalue weighted by Gasteiger charge is -2.01. The first kappa shape index (κ1) is 14.2. The topological polar surface area (TPSA) is 90.2 Å². The highest BCUT2D eigenvalue weighted by atomic mass is 16.4. The SMILES string of the molecule is C=CCNC(=O)C(C#N)=Cc1ccc(C(=O)O)cc1. The Morgan fingerprint density at radius 1 is 1.37 bits per heavy atom. The first-order valence-electron chi connectivity index (χ1n) is 5.42. The first-order valence-corrected chi connectivity index (χ1v) is 5.42. The van der Waals surface area contributed by atoms with Crippen LogP contribution in [-0.2, 0) is 4.79 Å². The Kier molecular flexibility index (Phi) is 5.05. The average Bonchev–Trinajstić information content (AvgIpc) is 2.42. The molecule has 1 aromatic carbocycles. The molecule has 96 valence electrons. The van der Waals surface area contributed by atoms with Crippen LogP contribution in [0.25, 0.3) is 6.08 Å². The molecule has 0 aliphatic heterocycles. The summed E-state index contributed by atoms with van der Waals surface area (Å²) >= 11 is 0. The molecule has 2 N–H and O–H groups in total. The van der Waals surface area contributed by atoms with Crippen LogP contribution in [0.15, 0.2) is 42.5 Å². The van der Waals surface area contributed by atoms with E-state index in [2.05, 4.69) is 11.9 Å². The van der Waals surface area contributed by atoms with Gasteiger partial charge in [-0.25, -0.2) is 4.79 Å². The van der Waals surface area contributed by atoms with Gasteiger partial charge in [-0.05, 0) is 23.8 Å². The van der Waals surface area contributed by atoms with Crippen LogP contribution in [-0.4, -0.2) is 23.5 Å². The third kappa shape index (κ3) is 4.13. The molecule has 0 saturated heterocycles. The standard InChI is InChI=1S/C14H12N2O3/c1-2-7-16-13(17)12(9-15)8-10-3-5-11(6-4-10)14(18)19/h2-6,8H,1,7H2,(H,16,17)(H,18,19). The maximum absolute atomic E-state index is 11.6. The highest BCUT2D eigenvalue weighted by Crippen LogP contribution is 2.09. The van der Waals surface area contributed by atoms with Crippen LogP contribution in [0.5, 0.6) is 0 Å². The van der Waals surface area contributed by atoms with Crippen molar-refractivity contribution in [3.63, 3.8) is 0 Å². The minimum Gasteiger partial charge on any atom is -0.478 e. The van der Waals surface area contributed by atoms with Gasteiger partial charge in [0.25, 0.3) is 5.91 Å². The second-order valence-corrected chi connectivity index (χ2v) is 3.60. The van der Waals surface area contributed by atoms with Crippen molar-refractivity contribution in [3.05, 3.63) is 53.6 Å². The van der Waals surface area contributed by atoms with E-state index in [1.54, 1.807) is 6.07 Å². The third-order valence-corrected chi connectivity index (χ3v) is 2.24. The molecule has 0 spiro atoms. The van der Waals surface area contributed by atoms with Gasteiger partial charge < -0.3 is 10.4 Å². The number of rotatable bonds is 5. The Balaban J connectivity index is 2.92. The number of nitrogens with zero attached hydrogens (tertiary/aromatic N) is 1. The van der Waals surface area contributed by atoms with Gasteiger partial charge in [-0.1, -0.05) is 18.2 Å². The van der Waals surface area contributed by atoms with Crippen LogP contribution in [0.3, 0.4) is 0 Å². The van der Waals surface area contributed by atoms with Crippen LogP contribution in [0.1, 0.15) is 15.9 Å². The number of carboxylic acids is 1. The summed E-state index contributed by atoms with van der Waals surface area (Å²) in [5.41, 5.74) is 0.673. The van der Waals surface area contributed by atoms with Crippen molar-refractivity contribution in [2.24, 2.45) is 0 Å². The lowest BCUT2D eigenvalue weighted by Crippen LogP contribution is -2.24. The van der Waals surface area contributed by atoms with Crippen molar-refractivity contribution >= 4 is 18.0 Å². The van der Waals surface area contributed by atoms with E-state index in [9.17, 15) is 9.59 Å². The molecule has 0 aromatic heterocycles. The minimum absolute atomic E-state index is 0.0510. The highest BCUT2D eigenvalue weighted by Gasteiger charge is 2.08. The van der Waals surface area contributed by atoms with Gasteiger partial charge >= 0.3 is 5.97 Å². The zero-order valence-electron chi connectivity index (χ0n) is 10.1. The highest BCUT2D eigenvalue weighted by molar-refractivity contribution is 6.01. The Morgan fingerprint density at radius 2 is 2.00 bits per heavy atom. The number of carboxylic acid groups (broad SMARTS) is 1. The van der Waals surface area contributed by atoms with Crippen LogP contribution in [0.2, 0.25) is 0 Å². The Morgan fingerprint density at radius 3 is 2.47 bits per heavy atom. The fourth-order valence-electron chi connectivity index (χ4n) is 1.30. The number of hydrogen-bond acceptors (Lipinski definition) is 3. The quantitative estimate of drug-likeness (QED) is 0.475. The lowest BCUT2D eigenvalue weighted by atomic mass is 10.1. The number of nitriles is 1. The third-order valence-electron chi connectivity index (χ3n) is 2.24. The number of aromatic carboxylic acids is 1. The molecule has 1 amide bonds. The van der Waals surface area contributed by atoms with E-state index in [1.807, 2.05) is 0 Å². The van der Waals surface area contributed by atoms with Crippen LogP contribution >= 0.6 is 0 Å². The molecule has 1 aromatic rings. The van der Waals surface area contributed by atoms with E-state index in [4.69, 9.17) is 10.4 Å². The summed E-state index contributed by atoms with van der Waals surface area (Å²) in [5, 5.41) is 20.1. The summed E-state index contributed by atoms with van der Waals surface area (Å²) in [4.78, 5) is 22.2. The van der Waals surface area contributed by atoms with Gasteiger partial charge in [-0.2, -0.15) is 5.26 Å². The molecule has 1 rings (SSSR count). The number of carbonyl (C=O) groups is 2. The zero-order chi connectivity index (χ0) is 14.3. The van der Waals surface area contributed by atoms with Gasteiger partial charge in [0.15, 0.2) is 0 Å². The molecular formula is C14H12N2O3. The van der Waals surface area contributed by atoms with E-state index in [-0.39, 0.29) is 17.7 Å². The van der Waals surface area contributed by atoms with E-state index in [0.717, 1.165) is 0 Å². The Hall–Kier alpha value is -2.87. The molecule has 0 heterocycles. The summed E-state index contributed by atoms with van der Waals surface area (Å²) < 4.78 is 0. The maximum atomic E-state index is 11.6. The molecule has 0 unspecified atom stereocenters.